The number of hydrogen-bond acceptors (Lipinski definition) is 3. The predicted octanol–water partition coefficient (Wildman–Crippen LogP) is 3.48. The Morgan fingerprint density at radius 1 is 1.43 bits per heavy atom. The van der Waals surface area contributed by atoms with Crippen LogP contribution in [0.25, 0.3) is 10.4 Å². The average Bonchev–Trinajstić information content (AvgIpc) is 2.70. The highest BCUT2D eigenvalue weighted by Crippen LogP contribution is 2.31. The monoisotopic (exact) mass is 224 g/mol. The molecule has 2 aromatic rings. The Kier molecular flexibility index (Phi) is 2.39. The molecule has 0 unspecified atom stereocenters. The van der Waals surface area contributed by atoms with Gasteiger partial charge < -0.3 is 5.11 Å². The maximum Gasteiger partial charge on any atom is 0.345 e. The fraction of sp³-hybridized carbons (Fsp3) is 0.100. The Bertz CT molecular complexity index is 468. The van der Waals surface area contributed by atoms with Gasteiger partial charge in [0.25, 0.3) is 0 Å². The average molecular weight is 224 g/mol. The fourth-order valence-electron chi connectivity index (χ4n) is 1.17. The number of aromatic carboxylic acids is 1. The first-order chi connectivity index (χ1) is 6.66. The minimum Gasteiger partial charge on any atom is -0.477 e. The van der Waals surface area contributed by atoms with Gasteiger partial charge in [0.1, 0.15) is 4.88 Å². The van der Waals surface area contributed by atoms with Crippen LogP contribution in [0, 0.1) is 6.92 Å². The van der Waals surface area contributed by atoms with Crippen molar-refractivity contribution in [2.45, 2.75) is 6.92 Å². The van der Waals surface area contributed by atoms with Crippen molar-refractivity contribution in [1.29, 1.82) is 0 Å². The zero-order valence-electron chi connectivity index (χ0n) is 7.48. The van der Waals surface area contributed by atoms with Crippen molar-refractivity contribution in [3.8, 4) is 10.4 Å². The summed E-state index contributed by atoms with van der Waals surface area (Å²) in [6.07, 6.45) is 0. The molecule has 0 atom stereocenters. The van der Waals surface area contributed by atoms with Crippen molar-refractivity contribution >= 4 is 28.6 Å². The Hall–Kier alpha value is -1.13. The molecule has 0 saturated heterocycles. The number of thiophene rings is 2. The summed E-state index contributed by atoms with van der Waals surface area (Å²) >= 11 is 2.95. The van der Waals surface area contributed by atoms with Gasteiger partial charge in [0.15, 0.2) is 0 Å². The Morgan fingerprint density at radius 3 is 2.71 bits per heavy atom. The van der Waals surface area contributed by atoms with E-state index in [2.05, 4.69) is 0 Å². The zero-order chi connectivity index (χ0) is 10.1. The SMILES string of the molecule is Cc1ccc(-c2csc(C(=O)O)c2)s1. The third-order valence-electron chi connectivity index (χ3n) is 1.84. The largest absolute Gasteiger partial charge is 0.477 e. The molecule has 0 aliphatic carbocycles. The van der Waals surface area contributed by atoms with E-state index in [1.165, 1.54) is 16.2 Å². The number of carboxylic acid groups (broad SMARTS) is 1. The summed E-state index contributed by atoms with van der Waals surface area (Å²) in [4.78, 5) is 13.4. The topological polar surface area (TPSA) is 37.3 Å². The van der Waals surface area contributed by atoms with Gasteiger partial charge in [-0.15, -0.1) is 22.7 Å². The van der Waals surface area contributed by atoms with Gasteiger partial charge in [-0.05, 0) is 25.1 Å². The highest BCUT2D eigenvalue weighted by atomic mass is 32.1. The van der Waals surface area contributed by atoms with Gasteiger partial charge in [0.2, 0.25) is 0 Å². The van der Waals surface area contributed by atoms with Crippen molar-refractivity contribution in [1.82, 2.24) is 0 Å². The van der Waals surface area contributed by atoms with E-state index in [1.54, 1.807) is 17.4 Å². The molecule has 2 heterocycles. The highest BCUT2D eigenvalue weighted by Gasteiger charge is 2.08. The Labute approximate surface area is 89.5 Å². The first-order valence-electron chi connectivity index (χ1n) is 4.05. The van der Waals surface area contributed by atoms with Crippen LogP contribution in [0.2, 0.25) is 0 Å². The van der Waals surface area contributed by atoms with E-state index < -0.39 is 5.97 Å². The molecular formula is C10H8O2S2. The third kappa shape index (κ3) is 1.71. The molecule has 0 fully saturated rings. The molecule has 0 aromatic carbocycles. The normalized spacial score (nSPS) is 10.4. The van der Waals surface area contributed by atoms with Crippen molar-refractivity contribution in [3.05, 3.63) is 33.3 Å². The summed E-state index contributed by atoms with van der Waals surface area (Å²) in [5.41, 5.74) is 1.01. The van der Waals surface area contributed by atoms with Crippen molar-refractivity contribution in [2.75, 3.05) is 0 Å². The van der Waals surface area contributed by atoms with Gasteiger partial charge in [0.05, 0.1) is 0 Å². The quantitative estimate of drug-likeness (QED) is 0.847. The highest BCUT2D eigenvalue weighted by molar-refractivity contribution is 7.16. The number of aryl methyl sites for hydroxylation is 1. The minimum atomic E-state index is -0.852. The summed E-state index contributed by atoms with van der Waals surface area (Å²) in [6, 6.07) is 5.78. The Morgan fingerprint density at radius 2 is 2.21 bits per heavy atom. The zero-order valence-corrected chi connectivity index (χ0v) is 9.11. The van der Waals surface area contributed by atoms with Gasteiger partial charge in [-0.2, -0.15) is 0 Å². The summed E-state index contributed by atoms with van der Waals surface area (Å²) in [5.74, 6) is -0.852. The lowest BCUT2D eigenvalue weighted by molar-refractivity contribution is 0.0702. The van der Waals surface area contributed by atoms with E-state index >= 15 is 0 Å². The van der Waals surface area contributed by atoms with Crippen LogP contribution in [0.15, 0.2) is 23.6 Å². The van der Waals surface area contributed by atoms with Crippen LogP contribution in [0.3, 0.4) is 0 Å². The molecule has 1 N–H and O–H groups in total. The molecule has 2 aromatic heterocycles. The molecule has 0 spiro atoms. The molecule has 4 heteroatoms. The van der Waals surface area contributed by atoms with Gasteiger partial charge in [-0.25, -0.2) is 4.79 Å². The molecule has 2 rings (SSSR count). The second kappa shape index (κ2) is 3.55. The third-order valence-corrected chi connectivity index (χ3v) is 3.80. The Balaban J connectivity index is 2.38. The van der Waals surface area contributed by atoms with Gasteiger partial charge >= 0.3 is 5.97 Å². The predicted molar refractivity (Wildman–Crippen MR) is 59.3 cm³/mol. The van der Waals surface area contributed by atoms with E-state index in [0.29, 0.717) is 4.88 Å². The van der Waals surface area contributed by atoms with Crippen LogP contribution in [-0.2, 0) is 0 Å². The maximum atomic E-state index is 10.7. The smallest absolute Gasteiger partial charge is 0.345 e. The van der Waals surface area contributed by atoms with Gasteiger partial charge in [0, 0.05) is 20.7 Å². The van der Waals surface area contributed by atoms with Crippen molar-refractivity contribution in [2.24, 2.45) is 0 Å². The van der Waals surface area contributed by atoms with Crippen LogP contribution in [0.1, 0.15) is 14.5 Å². The number of hydrogen-bond donors (Lipinski definition) is 1. The summed E-state index contributed by atoms with van der Waals surface area (Å²) in [7, 11) is 0. The number of carboxylic acids is 1. The van der Waals surface area contributed by atoms with Crippen LogP contribution in [0.5, 0.6) is 0 Å². The maximum absolute atomic E-state index is 10.7. The molecule has 0 amide bonds. The summed E-state index contributed by atoms with van der Waals surface area (Å²) < 4.78 is 0. The summed E-state index contributed by atoms with van der Waals surface area (Å²) in [5, 5.41) is 10.6. The lowest BCUT2D eigenvalue weighted by Crippen LogP contribution is -1.89. The van der Waals surface area contributed by atoms with Crippen LogP contribution < -0.4 is 0 Å². The van der Waals surface area contributed by atoms with E-state index in [1.807, 2.05) is 24.4 Å². The van der Waals surface area contributed by atoms with E-state index in [0.717, 1.165) is 10.4 Å². The molecule has 72 valence electrons. The molecular weight excluding hydrogens is 216 g/mol. The molecule has 14 heavy (non-hydrogen) atoms. The number of rotatable bonds is 2. The molecule has 2 nitrogen and oxygen atoms in total. The van der Waals surface area contributed by atoms with E-state index in [9.17, 15) is 4.79 Å². The number of carbonyl (C=O) groups is 1. The standard InChI is InChI=1S/C10H8O2S2/c1-6-2-3-8(14-6)7-4-9(10(11)12)13-5-7/h2-5H,1H3,(H,11,12). The molecule has 0 saturated carbocycles. The van der Waals surface area contributed by atoms with Gasteiger partial charge in [-0.1, -0.05) is 0 Å². The van der Waals surface area contributed by atoms with E-state index in [4.69, 9.17) is 5.11 Å². The summed E-state index contributed by atoms with van der Waals surface area (Å²) in [6.45, 7) is 2.04. The molecule has 0 aliphatic heterocycles. The second-order valence-corrected chi connectivity index (χ2v) is 5.11. The van der Waals surface area contributed by atoms with Gasteiger partial charge in [-0.3, -0.25) is 0 Å². The first kappa shape index (κ1) is 9.43. The molecule has 0 bridgehead atoms. The van der Waals surface area contributed by atoms with Crippen LogP contribution >= 0.6 is 22.7 Å². The fourth-order valence-corrected chi connectivity index (χ4v) is 2.84. The minimum absolute atomic E-state index is 0.394. The molecule has 0 radical (unpaired) electrons. The van der Waals surface area contributed by atoms with Crippen molar-refractivity contribution in [3.63, 3.8) is 0 Å². The lowest BCUT2D eigenvalue weighted by Gasteiger charge is -1.87. The molecule has 0 aliphatic rings. The van der Waals surface area contributed by atoms with Crippen LogP contribution in [0.4, 0.5) is 0 Å². The van der Waals surface area contributed by atoms with E-state index in [-0.39, 0.29) is 0 Å². The lowest BCUT2D eigenvalue weighted by atomic mass is 10.2. The first-order valence-corrected chi connectivity index (χ1v) is 5.75. The van der Waals surface area contributed by atoms with Crippen molar-refractivity contribution < 1.29 is 9.90 Å². The second-order valence-electron chi connectivity index (χ2n) is 2.92. The van der Waals surface area contributed by atoms with Crippen LogP contribution in [-0.4, -0.2) is 11.1 Å².